The fourth-order valence-electron chi connectivity index (χ4n) is 1.56. The second-order valence-corrected chi connectivity index (χ2v) is 3.60. The summed E-state index contributed by atoms with van der Waals surface area (Å²) in [5, 5.41) is 9.01. The van der Waals surface area contributed by atoms with Gasteiger partial charge in [0.15, 0.2) is 5.60 Å². The maximum Gasteiger partial charge on any atom is 0.417 e. The third kappa shape index (κ3) is 1.31. The summed E-state index contributed by atoms with van der Waals surface area (Å²) in [6.45, 7) is 1.72. The van der Waals surface area contributed by atoms with Crippen LogP contribution in [0.5, 0.6) is 0 Å². The van der Waals surface area contributed by atoms with Gasteiger partial charge in [0, 0.05) is 18.4 Å². The summed E-state index contributed by atoms with van der Waals surface area (Å²) in [6.07, 6.45) is -4.82. The monoisotopic (exact) mass is 183 g/mol. The molecule has 0 aromatic heterocycles. The molecule has 0 saturated heterocycles. The Bertz CT molecular complexity index is 184. The van der Waals surface area contributed by atoms with Crippen LogP contribution in [-0.2, 0) is 0 Å². The fraction of sp³-hybridized carbons (Fsp3) is 1.00. The third-order valence-electron chi connectivity index (χ3n) is 2.52. The van der Waals surface area contributed by atoms with Gasteiger partial charge in [-0.3, -0.25) is 0 Å². The largest absolute Gasteiger partial charge is 0.417 e. The number of halogens is 3. The van der Waals surface area contributed by atoms with Gasteiger partial charge in [-0.2, -0.15) is 13.2 Å². The highest BCUT2D eigenvalue weighted by Crippen LogP contribution is 2.50. The van der Waals surface area contributed by atoms with Gasteiger partial charge in [-0.1, -0.05) is 6.92 Å². The van der Waals surface area contributed by atoms with E-state index in [0.29, 0.717) is 6.42 Å². The van der Waals surface area contributed by atoms with E-state index < -0.39 is 17.3 Å². The van der Waals surface area contributed by atoms with Gasteiger partial charge < -0.3 is 10.8 Å². The Morgan fingerprint density at radius 1 is 1.42 bits per heavy atom. The van der Waals surface area contributed by atoms with Crippen LogP contribution in [0.3, 0.4) is 0 Å². The summed E-state index contributed by atoms with van der Waals surface area (Å²) in [5.41, 5.74) is 2.17. The Hall–Kier alpha value is -0.290. The van der Waals surface area contributed by atoms with E-state index in [-0.39, 0.29) is 12.8 Å². The highest BCUT2D eigenvalue weighted by molar-refractivity contribution is 5.10. The molecular formula is C7H12F3NO. The van der Waals surface area contributed by atoms with Crippen molar-refractivity contribution in [3.8, 4) is 0 Å². The zero-order valence-electron chi connectivity index (χ0n) is 6.78. The number of hydrogen-bond donors (Lipinski definition) is 2. The topological polar surface area (TPSA) is 46.2 Å². The SMILES string of the molecule is CCC1(N)CC(O)(C(F)(F)F)C1. The summed E-state index contributed by atoms with van der Waals surface area (Å²) in [7, 11) is 0. The number of nitrogens with two attached hydrogens (primary N) is 1. The van der Waals surface area contributed by atoms with Crippen LogP contribution in [-0.4, -0.2) is 22.4 Å². The maximum absolute atomic E-state index is 12.1. The van der Waals surface area contributed by atoms with E-state index in [9.17, 15) is 13.2 Å². The minimum Gasteiger partial charge on any atom is -0.380 e. The molecule has 0 bridgehead atoms. The van der Waals surface area contributed by atoms with Crippen molar-refractivity contribution in [3.05, 3.63) is 0 Å². The van der Waals surface area contributed by atoms with E-state index in [2.05, 4.69) is 0 Å². The molecule has 72 valence electrons. The predicted molar refractivity (Wildman–Crippen MR) is 37.4 cm³/mol. The molecule has 5 heteroatoms. The molecule has 0 atom stereocenters. The first-order valence-corrected chi connectivity index (χ1v) is 3.80. The molecule has 0 heterocycles. The Morgan fingerprint density at radius 3 is 2.08 bits per heavy atom. The molecule has 1 aliphatic rings. The molecule has 0 unspecified atom stereocenters. The van der Waals surface area contributed by atoms with Gasteiger partial charge in [0.05, 0.1) is 0 Å². The van der Waals surface area contributed by atoms with Crippen LogP contribution in [0, 0.1) is 0 Å². The molecule has 2 nitrogen and oxygen atoms in total. The van der Waals surface area contributed by atoms with Gasteiger partial charge in [0.25, 0.3) is 0 Å². The molecule has 1 saturated carbocycles. The van der Waals surface area contributed by atoms with Gasteiger partial charge in [-0.05, 0) is 6.42 Å². The Kier molecular flexibility index (Phi) is 1.92. The van der Waals surface area contributed by atoms with Gasteiger partial charge in [0.2, 0.25) is 0 Å². The van der Waals surface area contributed by atoms with E-state index in [0.717, 1.165) is 0 Å². The molecule has 0 aromatic carbocycles. The fourth-order valence-corrected chi connectivity index (χ4v) is 1.56. The number of hydrogen-bond acceptors (Lipinski definition) is 2. The zero-order chi connectivity index (χ0) is 9.62. The molecule has 3 N–H and O–H groups in total. The van der Waals surface area contributed by atoms with E-state index in [1.807, 2.05) is 0 Å². The molecule has 0 spiro atoms. The molecule has 0 aliphatic heterocycles. The lowest BCUT2D eigenvalue weighted by Gasteiger charge is -2.51. The van der Waals surface area contributed by atoms with Gasteiger partial charge >= 0.3 is 6.18 Å². The lowest BCUT2D eigenvalue weighted by Crippen LogP contribution is -2.67. The highest BCUT2D eigenvalue weighted by atomic mass is 19.4. The summed E-state index contributed by atoms with van der Waals surface area (Å²) >= 11 is 0. The summed E-state index contributed by atoms with van der Waals surface area (Å²) < 4.78 is 36.2. The van der Waals surface area contributed by atoms with Gasteiger partial charge in [0.1, 0.15) is 0 Å². The van der Waals surface area contributed by atoms with Crippen LogP contribution in [0.4, 0.5) is 13.2 Å². The smallest absolute Gasteiger partial charge is 0.380 e. The van der Waals surface area contributed by atoms with E-state index in [1.165, 1.54) is 0 Å². The molecule has 0 radical (unpaired) electrons. The second-order valence-electron chi connectivity index (χ2n) is 3.60. The predicted octanol–water partition coefficient (Wildman–Crippen LogP) is 1.18. The van der Waals surface area contributed by atoms with E-state index >= 15 is 0 Å². The van der Waals surface area contributed by atoms with Crippen LogP contribution < -0.4 is 5.73 Å². The Morgan fingerprint density at radius 2 is 1.83 bits per heavy atom. The molecule has 1 aliphatic carbocycles. The van der Waals surface area contributed by atoms with Crippen LogP contribution >= 0.6 is 0 Å². The second kappa shape index (κ2) is 2.35. The summed E-state index contributed by atoms with van der Waals surface area (Å²) in [4.78, 5) is 0. The van der Waals surface area contributed by atoms with E-state index in [4.69, 9.17) is 10.8 Å². The van der Waals surface area contributed by atoms with Crippen molar-refractivity contribution in [1.82, 2.24) is 0 Å². The first-order chi connectivity index (χ1) is 5.22. The Labute approximate surface area is 68.6 Å². The zero-order valence-corrected chi connectivity index (χ0v) is 6.78. The number of aliphatic hydroxyl groups is 1. The molecular weight excluding hydrogens is 171 g/mol. The van der Waals surface area contributed by atoms with Crippen LogP contribution in [0.2, 0.25) is 0 Å². The molecule has 1 fully saturated rings. The first-order valence-electron chi connectivity index (χ1n) is 3.80. The number of rotatable bonds is 1. The van der Waals surface area contributed by atoms with Crippen molar-refractivity contribution < 1.29 is 18.3 Å². The highest BCUT2D eigenvalue weighted by Gasteiger charge is 2.65. The van der Waals surface area contributed by atoms with Crippen molar-refractivity contribution >= 4 is 0 Å². The Balaban J connectivity index is 2.62. The van der Waals surface area contributed by atoms with Crippen LogP contribution in [0.1, 0.15) is 26.2 Å². The lowest BCUT2D eigenvalue weighted by atomic mass is 9.64. The molecule has 0 amide bonds. The maximum atomic E-state index is 12.1. The number of alkyl halides is 3. The molecule has 12 heavy (non-hydrogen) atoms. The minimum absolute atomic E-state index is 0.375. The third-order valence-corrected chi connectivity index (χ3v) is 2.52. The van der Waals surface area contributed by atoms with Gasteiger partial charge in [-0.15, -0.1) is 0 Å². The average Bonchev–Trinajstić information content (AvgIpc) is 1.82. The van der Waals surface area contributed by atoms with Crippen LogP contribution in [0.25, 0.3) is 0 Å². The van der Waals surface area contributed by atoms with Crippen molar-refractivity contribution in [2.75, 3.05) is 0 Å². The normalized spacial score (nSPS) is 42.5. The van der Waals surface area contributed by atoms with Crippen molar-refractivity contribution in [3.63, 3.8) is 0 Å². The quantitative estimate of drug-likeness (QED) is 0.641. The summed E-state index contributed by atoms with van der Waals surface area (Å²) in [5.74, 6) is 0. The van der Waals surface area contributed by atoms with Gasteiger partial charge in [-0.25, -0.2) is 0 Å². The molecule has 0 aromatic rings. The minimum atomic E-state index is -4.54. The van der Waals surface area contributed by atoms with Crippen molar-refractivity contribution in [2.45, 2.75) is 43.5 Å². The lowest BCUT2D eigenvalue weighted by molar-refractivity contribution is -0.302. The standard InChI is InChI=1S/C7H12F3NO/c1-2-5(11)3-6(12,4-5)7(8,9)10/h12H,2-4,11H2,1H3. The average molecular weight is 183 g/mol. The van der Waals surface area contributed by atoms with E-state index in [1.54, 1.807) is 6.92 Å². The summed E-state index contributed by atoms with van der Waals surface area (Å²) in [6, 6.07) is 0. The molecule has 1 rings (SSSR count). The van der Waals surface area contributed by atoms with Crippen molar-refractivity contribution in [2.24, 2.45) is 5.73 Å². The van der Waals surface area contributed by atoms with Crippen LogP contribution in [0.15, 0.2) is 0 Å². The van der Waals surface area contributed by atoms with Crippen molar-refractivity contribution in [1.29, 1.82) is 0 Å². The first kappa shape index (κ1) is 9.80.